The third-order valence-electron chi connectivity index (χ3n) is 4.59. The van der Waals surface area contributed by atoms with Crippen LogP contribution in [-0.2, 0) is 4.79 Å². The molecule has 0 bridgehead atoms. The topological polar surface area (TPSA) is 76.7 Å². The molecule has 3 amide bonds. The molecule has 28 heavy (non-hydrogen) atoms. The van der Waals surface area contributed by atoms with E-state index in [-0.39, 0.29) is 5.91 Å². The Morgan fingerprint density at radius 2 is 1.57 bits per heavy atom. The number of urea groups is 1. The fourth-order valence-corrected chi connectivity index (χ4v) is 3.22. The highest BCUT2D eigenvalue weighted by atomic mass is 35.5. The monoisotopic (exact) mass is 401 g/mol. The predicted octanol–water partition coefficient (Wildman–Crippen LogP) is 2.71. The largest absolute Gasteiger partial charge is 0.369 e. The van der Waals surface area contributed by atoms with Gasteiger partial charge in [-0.2, -0.15) is 0 Å². The Balaban J connectivity index is 1.33. The van der Waals surface area contributed by atoms with Crippen molar-refractivity contribution in [2.24, 2.45) is 0 Å². The lowest BCUT2D eigenvalue weighted by Gasteiger charge is -2.36. The number of piperazine rings is 1. The summed E-state index contributed by atoms with van der Waals surface area (Å²) < 4.78 is 0. The number of halogens is 1. The normalized spacial score (nSPS) is 14.4. The summed E-state index contributed by atoms with van der Waals surface area (Å²) in [4.78, 5) is 28.4. The van der Waals surface area contributed by atoms with Gasteiger partial charge in [-0.1, -0.05) is 41.9 Å². The zero-order chi connectivity index (χ0) is 19.8. The van der Waals surface area contributed by atoms with Crippen LogP contribution in [0.25, 0.3) is 0 Å². The van der Waals surface area contributed by atoms with Crippen molar-refractivity contribution >= 4 is 34.9 Å². The van der Waals surface area contributed by atoms with E-state index in [2.05, 4.69) is 38.1 Å². The highest BCUT2D eigenvalue weighted by Crippen LogP contribution is 2.20. The van der Waals surface area contributed by atoms with Crippen molar-refractivity contribution in [1.29, 1.82) is 0 Å². The van der Waals surface area contributed by atoms with Gasteiger partial charge in [-0.3, -0.25) is 15.1 Å². The van der Waals surface area contributed by atoms with Crippen molar-refractivity contribution < 1.29 is 9.59 Å². The molecule has 0 aliphatic carbocycles. The standard InChI is InChI=1S/C20H24ClN5O2/c21-17-8-4-5-9-18(17)22-20(28)24-23-19(27)10-11-25-12-14-26(15-13-25)16-6-2-1-3-7-16/h1-9H,10-15H2,(H,23,27)(H2,22,24,28). The van der Waals surface area contributed by atoms with Crippen molar-refractivity contribution in [1.82, 2.24) is 15.8 Å². The number of amides is 3. The predicted molar refractivity (Wildman–Crippen MR) is 111 cm³/mol. The maximum atomic E-state index is 12.0. The first-order valence-electron chi connectivity index (χ1n) is 9.24. The number of nitrogens with zero attached hydrogens (tertiary/aromatic N) is 2. The molecule has 0 unspecified atom stereocenters. The molecule has 1 saturated heterocycles. The number of anilines is 2. The van der Waals surface area contributed by atoms with E-state index in [1.165, 1.54) is 5.69 Å². The number of hydrogen-bond acceptors (Lipinski definition) is 4. The van der Waals surface area contributed by atoms with E-state index in [1.54, 1.807) is 24.3 Å². The van der Waals surface area contributed by atoms with Crippen LogP contribution in [0.5, 0.6) is 0 Å². The van der Waals surface area contributed by atoms with E-state index in [9.17, 15) is 9.59 Å². The summed E-state index contributed by atoms with van der Waals surface area (Å²) in [5.41, 5.74) is 6.46. The molecule has 0 aromatic heterocycles. The van der Waals surface area contributed by atoms with Gasteiger partial charge in [0.1, 0.15) is 0 Å². The second-order valence-corrected chi connectivity index (χ2v) is 6.93. The molecule has 1 aliphatic heterocycles. The second kappa shape index (κ2) is 9.96. The second-order valence-electron chi connectivity index (χ2n) is 6.52. The molecule has 0 spiro atoms. The number of hydrogen-bond donors (Lipinski definition) is 3. The van der Waals surface area contributed by atoms with Crippen LogP contribution in [0.15, 0.2) is 54.6 Å². The molecule has 148 valence electrons. The number of carbonyl (C=O) groups is 2. The number of nitrogens with one attached hydrogen (secondary N) is 3. The fraction of sp³-hybridized carbons (Fsp3) is 0.300. The number of para-hydroxylation sites is 2. The molecule has 1 heterocycles. The van der Waals surface area contributed by atoms with E-state index in [0.717, 1.165) is 26.2 Å². The van der Waals surface area contributed by atoms with Crippen LogP contribution in [0.3, 0.4) is 0 Å². The van der Waals surface area contributed by atoms with Crippen molar-refractivity contribution in [2.45, 2.75) is 6.42 Å². The van der Waals surface area contributed by atoms with E-state index in [4.69, 9.17) is 11.6 Å². The lowest BCUT2D eigenvalue weighted by molar-refractivity contribution is -0.122. The highest BCUT2D eigenvalue weighted by Gasteiger charge is 2.17. The Labute approximate surface area is 169 Å². The van der Waals surface area contributed by atoms with E-state index in [1.807, 2.05) is 18.2 Å². The SMILES string of the molecule is O=C(CCN1CCN(c2ccccc2)CC1)NNC(=O)Nc1ccccc1Cl. The molecule has 3 rings (SSSR count). The molecule has 1 fully saturated rings. The van der Waals surface area contributed by atoms with Gasteiger partial charge >= 0.3 is 6.03 Å². The Morgan fingerprint density at radius 3 is 2.29 bits per heavy atom. The Kier molecular flexibility index (Phi) is 7.11. The van der Waals surface area contributed by atoms with Gasteiger partial charge in [0, 0.05) is 44.8 Å². The number of benzene rings is 2. The molecule has 7 nitrogen and oxygen atoms in total. The van der Waals surface area contributed by atoms with E-state index < -0.39 is 6.03 Å². The summed E-state index contributed by atoms with van der Waals surface area (Å²) in [6.45, 7) is 4.34. The summed E-state index contributed by atoms with van der Waals surface area (Å²) >= 11 is 5.98. The molecule has 3 N–H and O–H groups in total. The van der Waals surface area contributed by atoms with Gasteiger partial charge in [-0.25, -0.2) is 10.2 Å². The van der Waals surface area contributed by atoms with Crippen LogP contribution >= 0.6 is 11.6 Å². The van der Waals surface area contributed by atoms with E-state index >= 15 is 0 Å². The zero-order valence-corrected chi connectivity index (χ0v) is 16.3. The Bertz CT molecular complexity index is 794. The van der Waals surface area contributed by atoms with Crippen molar-refractivity contribution in [3.8, 4) is 0 Å². The molecule has 2 aromatic rings. The minimum Gasteiger partial charge on any atom is -0.369 e. The van der Waals surface area contributed by atoms with Crippen LogP contribution in [0.2, 0.25) is 5.02 Å². The minimum atomic E-state index is -0.544. The maximum Gasteiger partial charge on any atom is 0.337 e. The van der Waals surface area contributed by atoms with Gasteiger partial charge in [0.25, 0.3) is 0 Å². The highest BCUT2D eigenvalue weighted by molar-refractivity contribution is 6.33. The van der Waals surface area contributed by atoms with Crippen molar-refractivity contribution in [3.63, 3.8) is 0 Å². The zero-order valence-electron chi connectivity index (χ0n) is 15.5. The molecule has 0 atom stereocenters. The maximum absolute atomic E-state index is 12.0. The van der Waals surface area contributed by atoms with Crippen LogP contribution in [0, 0.1) is 0 Å². The Hall–Kier alpha value is -2.77. The summed E-state index contributed by atoms with van der Waals surface area (Å²) in [5.74, 6) is -0.236. The van der Waals surface area contributed by atoms with Gasteiger partial charge in [0.2, 0.25) is 5.91 Å². The summed E-state index contributed by atoms with van der Waals surface area (Å²) in [6.07, 6.45) is 0.317. The van der Waals surface area contributed by atoms with Gasteiger partial charge in [-0.05, 0) is 24.3 Å². The molecule has 0 radical (unpaired) electrons. The first kappa shape index (κ1) is 20.0. The van der Waals surface area contributed by atoms with Gasteiger partial charge in [0.05, 0.1) is 10.7 Å². The molecule has 0 saturated carbocycles. The number of rotatable bonds is 5. The lowest BCUT2D eigenvalue weighted by atomic mass is 10.2. The van der Waals surface area contributed by atoms with Gasteiger partial charge in [-0.15, -0.1) is 0 Å². The number of hydrazine groups is 1. The molecule has 2 aromatic carbocycles. The number of carbonyl (C=O) groups excluding carboxylic acids is 2. The van der Waals surface area contributed by atoms with Crippen molar-refractivity contribution in [3.05, 3.63) is 59.6 Å². The molecule has 8 heteroatoms. The lowest BCUT2D eigenvalue weighted by Crippen LogP contribution is -2.48. The van der Waals surface area contributed by atoms with Crippen LogP contribution in [-0.4, -0.2) is 49.6 Å². The first-order chi connectivity index (χ1) is 13.6. The van der Waals surface area contributed by atoms with Crippen LogP contribution in [0.1, 0.15) is 6.42 Å². The van der Waals surface area contributed by atoms with Gasteiger partial charge < -0.3 is 10.2 Å². The third kappa shape index (κ3) is 5.87. The molecule has 1 aliphatic rings. The van der Waals surface area contributed by atoms with Gasteiger partial charge in [0.15, 0.2) is 0 Å². The fourth-order valence-electron chi connectivity index (χ4n) is 3.03. The third-order valence-corrected chi connectivity index (χ3v) is 4.92. The van der Waals surface area contributed by atoms with Crippen LogP contribution in [0.4, 0.5) is 16.2 Å². The molecular formula is C20H24ClN5O2. The summed E-state index contributed by atoms with van der Waals surface area (Å²) in [5, 5.41) is 3.01. The smallest absolute Gasteiger partial charge is 0.337 e. The summed E-state index contributed by atoms with van der Waals surface area (Å²) in [6, 6.07) is 16.7. The average Bonchev–Trinajstić information content (AvgIpc) is 2.73. The first-order valence-corrected chi connectivity index (χ1v) is 9.62. The summed E-state index contributed by atoms with van der Waals surface area (Å²) in [7, 11) is 0. The Morgan fingerprint density at radius 1 is 0.893 bits per heavy atom. The quantitative estimate of drug-likeness (QED) is 0.673. The van der Waals surface area contributed by atoms with Crippen LogP contribution < -0.4 is 21.1 Å². The minimum absolute atomic E-state index is 0.236. The van der Waals surface area contributed by atoms with Crippen molar-refractivity contribution in [2.75, 3.05) is 42.9 Å². The average molecular weight is 402 g/mol. The molecular weight excluding hydrogens is 378 g/mol. The van der Waals surface area contributed by atoms with E-state index in [0.29, 0.717) is 23.7 Å².